The summed E-state index contributed by atoms with van der Waals surface area (Å²) in [6, 6.07) is 12.9. The van der Waals surface area contributed by atoms with Crippen LogP contribution in [-0.2, 0) is 0 Å². The number of nitrogens with zero attached hydrogens (tertiary/aromatic N) is 1. The molecule has 0 spiro atoms. The number of anilines is 1. The number of ether oxygens (including phenoxy) is 3. The molecule has 3 rings (SSSR count). The number of urea groups is 1. The van der Waals surface area contributed by atoms with Crippen LogP contribution in [0.1, 0.15) is 17.9 Å². The number of hydrogen-bond donors (Lipinski definition) is 1. The van der Waals surface area contributed by atoms with Gasteiger partial charge in [0.25, 0.3) is 0 Å². The van der Waals surface area contributed by atoms with Gasteiger partial charge in [0.2, 0.25) is 0 Å². The molecule has 0 bridgehead atoms. The van der Waals surface area contributed by atoms with Crippen molar-refractivity contribution in [2.75, 3.05) is 38.4 Å². The van der Waals surface area contributed by atoms with Crippen LogP contribution in [0, 0.1) is 0 Å². The molecule has 1 heterocycles. The monoisotopic (exact) mass is 388 g/mol. The maximum atomic E-state index is 13.0. The van der Waals surface area contributed by atoms with E-state index in [9.17, 15) is 4.79 Å². The highest BCUT2D eigenvalue weighted by Gasteiger charge is 2.33. The predicted molar refractivity (Wildman–Crippen MR) is 108 cm³/mol. The highest BCUT2D eigenvalue weighted by atomic mass is 32.2. The molecule has 2 amide bonds. The molecule has 1 fully saturated rings. The number of para-hydroxylation sites is 2. The van der Waals surface area contributed by atoms with Crippen LogP contribution < -0.4 is 19.5 Å². The molecule has 0 aliphatic carbocycles. The zero-order valence-corrected chi connectivity index (χ0v) is 16.5. The highest BCUT2D eigenvalue weighted by molar-refractivity contribution is 7.99. The summed E-state index contributed by atoms with van der Waals surface area (Å²) in [5, 5.41) is 2.84. The standard InChI is InChI=1S/C20H24N2O4S/c1-4-26-18-8-6-5-7-16(18)21-20(23)22-11-12-27-19(22)15-13-14(24-2)9-10-17(15)25-3/h5-10,13,19H,4,11-12H2,1-3H3,(H,21,23)/t19-/m0/s1. The minimum atomic E-state index is -0.165. The Balaban J connectivity index is 1.84. The van der Waals surface area contributed by atoms with Crippen molar-refractivity contribution in [2.24, 2.45) is 0 Å². The highest BCUT2D eigenvalue weighted by Crippen LogP contribution is 2.43. The average Bonchev–Trinajstić information content (AvgIpc) is 3.19. The number of carbonyl (C=O) groups is 1. The molecule has 1 aliphatic heterocycles. The van der Waals surface area contributed by atoms with Crippen LogP contribution in [0.25, 0.3) is 0 Å². The van der Waals surface area contributed by atoms with E-state index in [4.69, 9.17) is 14.2 Å². The summed E-state index contributed by atoms with van der Waals surface area (Å²) in [6.07, 6.45) is 0. The van der Waals surface area contributed by atoms with Crippen LogP contribution >= 0.6 is 11.8 Å². The van der Waals surface area contributed by atoms with E-state index >= 15 is 0 Å². The first-order chi connectivity index (χ1) is 13.2. The van der Waals surface area contributed by atoms with Gasteiger partial charge in [-0.3, -0.25) is 0 Å². The molecule has 0 aromatic heterocycles. The summed E-state index contributed by atoms with van der Waals surface area (Å²) in [5.41, 5.74) is 1.59. The fraction of sp³-hybridized carbons (Fsp3) is 0.350. The normalized spacial score (nSPS) is 16.1. The Labute approximate surface area is 163 Å². The fourth-order valence-electron chi connectivity index (χ4n) is 3.01. The number of amides is 2. The SMILES string of the molecule is CCOc1ccccc1NC(=O)N1CCS[C@H]1c1cc(OC)ccc1OC. The molecule has 1 aliphatic rings. The number of benzene rings is 2. The Bertz CT molecular complexity index is 799. The van der Waals surface area contributed by atoms with Gasteiger partial charge in [0.05, 0.1) is 26.5 Å². The molecule has 1 atom stereocenters. The quantitative estimate of drug-likeness (QED) is 0.796. The molecular weight excluding hydrogens is 364 g/mol. The Kier molecular flexibility index (Phi) is 6.34. The lowest BCUT2D eigenvalue weighted by atomic mass is 10.1. The van der Waals surface area contributed by atoms with E-state index in [0.29, 0.717) is 24.6 Å². The Morgan fingerprint density at radius 1 is 1.19 bits per heavy atom. The number of thioether (sulfide) groups is 1. The Morgan fingerprint density at radius 2 is 2.00 bits per heavy atom. The van der Waals surface area contributed by atoms with Gasteiger partial charge in [-0.2, -0.15) is 0 Å². The van der Waals surface area contributed by atoms with Crippen LogP contribution in [0.2, 0.25) is 0 Å². The molecule has 7 heteroatoms. The van der Waals surface area contributed by atoms with Gasteiger partial charge in [0.1, 0.15) is 22.6 Å². The lowest BCUT2D eigenvalue weighted by Gasteiger charge is -2.26. The van der Waals surface area contributed by atoms with E-state index in [0.717, 1.165) is 22.8 Å². The van der Waals surface area contributed by atoms with Gasteiger partial charge >= 0.3 is 6.03 Å². The Morgan fingerprint density at radius 3 is 2.74 bits per heavy atom. The first kappa shape index (κ1) is 19.2. The van der Waals surface area contributed by atoms with Gasteiger partial charge in [0.15, 0.2) is 0 Å². The van der Waals surface area contributed by atoms with Crippen molar-refractivity contribution < 1.29 is 19.0 Å². The largest absolute Gasteiger partial charge is 0.497 e. The third kappa shape index (κ3) is 4.24. The molecule has 144 valence electrons. The molecule has 0 saturated carbocycles. The number of carbonyl (C=O) groups excluding carboxylic acids is 1. The second-order valence-corrected chi connectivity index (χ2v) is 7.07. The van der Waals surface area contributed by atoms with E-state index in [1.165, 1.54) is 0 Å². The number of methoxy groups -OCH3 is 2. The van der Waals surface area contributed by atoms with Crippen LogP contribution in [0.15, 0.2) is 42.5 Å². The zero-order valence-electron chi connectivity index (χ0n) is 15.7. The second kappa shape index (κ2) is 8.90. The third-order valence-electron chi connectivity index (χ3n) is 4.28. The van der Waals surface area contributed by atoms with E-state index in [2.05, 4.69) is 5.32 Å². The smallest absolute Gasteiger partial charge is 0.323 e. The van der Waals surface area contributed by atoms with Crippen molar-refractivity contribution in [3.63, 3.8) is 0 Å². The van der Waals surface area contributed by atoms with Crippen LogP contribution in [0.3, 0.4) is 0 Å². The summed E-state index contributed by atoms with van der Waals surface area (Å²) in [7, 11) is 3.26. The second-order valence-electron chi connectivity index (χ2n) is 5.88. The summed E-state index contributed by atoms with van der Waals surface area (Å²) in [5.74, 6) is 2.99. The number of nitrogens with one attached hydrogen (secondary N) is 1. The summed E-state index contributed by atoms with van der Waals surface area (Å²) >= 11 is 1.70. The van der Waals surface area contributed by atoms with Gasteiger partial charge in [-0.05, 0) is 37.3 Å². The van der Waals surface area contributed by atoms with Crippen molar-refractivity contribution in [3.8, 4) is 17.2 Å². The molecule has 2 aromatic rings. The Hall–Kier alpha value is -2.54. The van der Waals surface area contributed by atoms with E-state index in [-0.39, 0.29) is 11.4 Å². The van der Waals surface area contributed by atoms with Crippen molar-refractivity contribution in [3.05, 3.63) is 48.0 Å². The van der Waals surface area contributed by atoms with Crippen LogP contribution in [0.4, 0.5) is 10.5 Å². The van der Waals surface area contributed by atoms with Crippen LogP contribution in [0.5, 0.6) is 17.2 Å². The van der Waals surface area contributed by atoms with Crippen molar-refractivity contribution in [2.45, 2.75) is 12.3 Å². The minimum Gasteiger partial charge on any atom is -0.497 e. The maximum Gasteiger partial charge on any atom is 0.323 e. The molecule has 2 aromatic carbocycles. The number of rotatable bonds is 6. The predicted octanol–water partition coefficient (Wildman–Crippen LogP) is 4.38. The third-order valence-corrected chi connectivity index (χ3v) is 5.53. The van der Waals surface area contributed by atoms with Crippen LogP contribution in [-0.4, -0.2) is 44.1 Å². The molecule has 0 unspecified atom stereocenters. The number of hydrogen-bond acceptors (Lipinski definition) is 5. The van der Waals surface area contributed by atoms with Gasteiger partial charge in [-0.1, -0.05) is 12.1 Å². The molecule has 1 saturated heterocycles. The lowest BCUT2D eigenvalue weighted by molar-refractivity contribution is 0.213. The van der Waals surface area contributed by atoms with E-state index in [1.807, 2.05) is 54.3 Å². The van der Waals surface area contributed by atoms with E-state index < -0.39 is 0 Å². The fourth-order valence-corrected chi connectivity index (χ4v) is 4.28. The maximum absolute atomic E-state index is 13.0. The zero-order chi connectivity index (χ0) is 19.2. The topological polar surface area (TPSA) is 60.0 Å². The van der Waals surface area contributed by atoms with Gasteiger partial charge in [-0.25, -0.2) is 4.79 Å². The van der Waals surface area contributed by atoms with Crippen molar-refractivity contribution in [1.29, 1.82) is 0 Å². The lowest BCUT2D eigenvalue weighted by Crippen LogP contribution is -2.34. The van der Waals surface area contributed by atoms with Gasteiger partial charge in [-0.15, -0.1) is 11.8 Å². The summed E-state index contributed by atoms with van der Waals surface area (Å²) in [4.78, 5) is 14.8. The average molecular weight is 388 g/mol. The van der Waals surface area contributed by atoms with Crippen molar-refractivity contribution in [1.82, 2.24) is 4.90 Å². The molecular formula is C20H24N2O4S. The summed E-state index contributed by atoms with van der Waals surface area (Å²) < 4.78 is 16.5. The first-order valence-electron chi connectivity index (χ1n) is 8.81. The molecule has 0 radical (unpaired) electrons. The first-order valence-corrected chi connectivity index (χ1v) is 9.85. The van der Waals surface area contributed by atoms with Crippen molar-refractivity contribution >= 4 is 23.5 Å². The molecule has 1 N–H and O–H groups in total. The summed E-state index contributed by atoms with van der Waals surface area (Å²) in [6.45, 7) is 3.11. The molecule has 6 nitrogen and oxygen atoms in total. The minimum absolute atomic E-state index is 0.144. The molecule has 27 heavy (non-hydrogen) atoms. The van der Waals surface area contributed by atoms with Gasteiger partial charge < -0.3 is 24.4 Å². The van der Waals surface area contributed by atoms with Gasteiger partial charge in [0, 0.05) is 17.9 Å². The van der Waals surface area contributed by atoms with E-state index in [1.54, 1.807) is 26.0 Å².